The molecule has 3 saturated carbocycles. The highest BCUT2D eigenvalue weighted by Gasteiger charge is 2.50. The predicted octanol–water partition coefficient (Wildman–Crippen LogP) is 8.55. The molecular weight excluding hydrogens is 1060 g/mol. The minimum atomic E-state index is -0.791. The van der Waals surface area contributed by atoms with E-state index in [4.69, 9.17) is 9.47 Å². The number of ether oxygens (including phenoxy) is 2. The van der Waals surface area contributed by atoms with Crippen molar-refractivity contribution in [3.63, 3.8) is 0 Å². The number of nitrogens with zero attached hydrogens (tertiary/aromatic N) is 2. The van der Waals surface area contributed by atoms with Gasteiger partial charge in [-0.2, -0.15) is 0 Å². The first-order chi connectivity index (χ1) is 40.5. The van der Waals surface area contributed by atoms with Crippen molar-refractivity contribution in [3.05, 3.63) is 143 Å². The average Bonchev–Trinajstić information content (AvgIpc) is 3.41. The minimum absolute atomic E-state index is 0.0463. The smallest absolute Gasteiger partial charge is 0.408 e. The fourth-order valence-corrected chi connectivity index (χ4v) is 12.1. The van der Waals surface area contributed by atoms with Crippen molar-refractivity contribution < 1.29 is 47.8 Å². The maximum absolute atomic E-state index is 14.3. The van der Waals surface area contributed by atoms with Crippen molar-refractivity contribution >= 4 is 47.5 Å². The first-order valence-electron chi connectivity index (χ1n) is 30.7. The van der Waals surface area contributed by atoms with E-state index in [1.165, 1.54) is 0 Å². The lowest BCUT2D eigenvalue weighted by atomic mass is 9.94. The maximum atomic E-state index is 14.3. The van der Waals surface area contributed by atoms with E-state index >= 15 is 0 Å². The molecule has 11 atom stereocenters. The number of hydrogen-bond donors (Lipinski definition) is 5. The molecular formula is C67H85N7O10. The first-order valence-corrected chi connectivity index (χ1v) is 30.7. The molecule has 5 N–H and O–H groups in total. The molecule has 9 rings (SSSR count). The Morgan fingerprint density at radius 1 is 0.476 bits per heavy atom. The Bertz CT molecular complexity index is 2840. The lowest BCUT2D eigenvalue weighted by molar-refractivity contribution is -0.145. The average molecular weight is 1150 g/mol. The summed E-state index contributed by atoms with van der Waals surface area (Å²) in [5, 5.41) is 15.2. The zero-order valence-electron chi connectivity index (χ0n) is 49.2. The third-order valence-corrected chi connectivity index (χ3v) is 17.2. The standard InChI is InChI=1S/C67H85N7O10/c1-43(69-66(82)84-67(2,3)4)65(81)83-35-23-12-10-8-6-5-7-9-11-22-34-68-59(75)52-39-73(40-53(52)60(76)70-56-36-49(56)44-24-16-13-17-25-44)63(79)47-30-32-48(33-31-47)64(80)74-41-54(61(77)71-57-37-50(57)45-26-18-14-19-27-45)55(42-74)62(78)72-58-38-51(58)46-28-20-15-21-29-46/h13-21,24-33,43,49-58H,5-12,22-23,34-42H2,1-4H3,(H,68,75)(H,69,82)(H,70,76)(H,71,77)(H,72,78)/t43-,49-,50-,51-,52-,53-,54-,55-,56+,57+,58+/m1/s1. The number of unbranched alkanes of at least 4 members (excludes halogenated alkanes) is 9. The Labute approximate surface area is 494 Å². The summed E-state index contributed by atoms with van der Waals surface area (Å²) in [6.07, 6.45) is 11.7. The molecule has 0 spiro atoms. The van der Waals surface area contributed by atoms with E-state index in [0.29, 0.717) is 24.3 Å². The lowest BCUT2D eigenvalue weighted by Crippen LogP contribution is -2.43. The van der Waals surface area contributed by atoms with Crippen LogP contribution in [0.15, 0.2) is 115 Å². The molecule has 17 heteroatoms. The van der Waals surface area contributed by atoms with Crippen molar-refractivity contribution in [2.75, 3.05) is 39.3 Å². The van der Waals surface area contributed by atoms with E-state index in [1.807, 2.05) is 54.6 Å². The van der Waals surface area contributed by atoms with Crippen LogP contribution < -0.4 is 26.6 Å². The minimum Gasteiger partial charge on any atom is -0.464 e. The summed E-state index contributed by atoms with van der Waals surface area (Å²) in [4.78, 5) is 112. The number of benzene rings is 4. The number of amides is 7. The molecule has 4 aromatic carbocycles. The molecule has 2 aliphatic heterocycles. The SMILES string of the molecule is C[C@@H](NC(=O)OC(C)(C)C)C(=O)OCCCCCCCCCCCCNC(=O)[C@@H]1CN(C(=O)c2ccc(C(=O)N3C[C@@H](C(=O)N[C@H]4C[C@@H]4c4ccccc4)[C@H](C(=O)N[C@H]4C[C@@H]4c4ccccc4)C3)cc2)C[C@H]1C(=O)N[C@H]1C[C@@H]1c1ccccc1. The highest BCUT2D eigenvalue weighted by molar-refractivity contribution is 6.00. The molecule has 84 heavy (non-hydrogen) atoms. The predicted molar refractivity (Wildman–Crippen MR) is 318 cm³/mol. The summed E-state index contributed by atoms with van der Waals surface area (Å²) in [6, 6.07) is 35.5. The number of nitrogens with one attached hydrogen (secondary N) is 5. The van der Waals surface area contributed by atoms with Gasteiger partial charge in [0.2, 0.25) is 23.6 Å². The molecule has 17 nitrogen and oxygen atoms in total. The summed E-state index contributed by atoms with van der Waals surface area (Å²) < 4.78 is 10.5. The van der Waals surface area contributed by atoms with E-state index in [2.05, 4.69) is 63.0 Å². The Balaban J connectivity index is 0.734. The second kappa shape index (κ2) is 28.3. The topological polar surface area (TPSA) is 222 Å². The van der Waals surface area contributed by atoms with Gasteiger partial charge in [-0.1, -0.05) is 142 Å². The van der Waals surface area contributed by atoms with Crippen LogP contribution in [0.1, 0.15) is 166 Å². The van der Waals surface area contributed by atoms with Crippen molar-refractivity contribution in [1.82, 2.24) is 36.4 Å². The van der Waals surface area contributed by atoms with Crippen molar-refractivity contribution in [1.29, 1.82) is 0 Å². The number of alkyl carbamates (subject to hydrolysis) is 1. The fourth-order valence-electron chi connectivity index (χ4n) is 12.1. The van der Waals surface area contributed by atoms with Crippen LogP contribution in [0, 0.1) is 23.7 Å². The number of carbonyl (C=O) groups excluding carboxylic acids is 8. The van der Waals surface area contributed by atoms with E-state index in [0.717, 1.165) is 100 Å². The quantitative estimate of drug-likeness (QED) is 0.0283. The van der Waals surface area contributed by atoms with Crippen LogP contribution >= 0.6 is 0 Å². The maximum Gasteiger partial charge on any atom is 0.408 e. The van der Waals surface area contributed by atoms with Gasteiger partial charge in [0, 0.05) is 79.7 Å². The van der Waals surface area contributed by atoms with Gasteiger partial charge in [0.05, 0.1) is 30.3 Å². The Kier molecular flexibility index (Phi) is 20.6. The van der Waals surface area contributed by atoms with E-state index in [1.54, 1.807) is 61.8 Å². The summed E-state index contributed by atoms with van der Waals surface area (Å²) in [7, 11) is 0. The zero-order valence-corrected chi connectivity index (χ0v) is 49.2. The van der Waals surface area contributed by atoms with E-state index in [-0.39, 0.29) is 97.5 Å². The van der Waals surface area contributed by atoms with Crippen LogP contribution in [-0.4, -0.2) is 126 Å². The summed E-state index contributed by atoms with van der Waals surface area (Å²) in [5.74, 6) is -4.58. The van der Waals surface area contributed by atoms with Gasteiger partial charge < -0.3 is 45.9 Å². The molecule has 0 aromatic heterocycles. The van der Waals surface area contributed by atoms with Gasteiger partial charge in [0.1, 0.15) is 11.6 Å². The lowest BCUT2D eigenvalue weighted by Gasteiger charge is -2.21. The Morgan fingerprint density at radius 2 is 0.821 bits per heavy atom. The van der Waals surface area contributed by atoms with Gasteiger partial charge in [-0.3, -0.25) is 28.8 Å². The van der Waals surface area contributed by atoms with Crippen molar-refractivity contribution in [2.45, 2.75) is 159 Å². The molecule has 5 fully saturated rings. The Hall–Kier alpha value is -7.56. The largest absolute Gasteiger partial charge is 0.464 e. The van der Waals surface area contributed by atoms with Crippen molar-refractivity contribution in [3.8, 4) is 0 Å². The van der Waals surface area contributed by atoms with Gasteiger partial charge in [-0.25, -0.2) is 9.59 Å². The molecule has 3 aliphatic carbocycles. The molecule has 5 aliphatic rings. The monoisotopic (exact) mass is 1150 g/mol. The van der Waals surface area contributed by atoms with Gasteiger partial charge in [0.15, 0.2) is 0 Å². The van der Waals surface area contributed by atoms with Gasteiger partial charge >= 0.3 is 12.1 Å². The molecule has 7 amide bonds. The first kappa shape index (κ1) is 61.0. The molecule has 0 bridgehead atoms. The molecule has 2 heterocycles. The summed E-state index contributed by atoms with van der Waals surface area (Å²) in [6.45, 7) is 7.88. The third kappa shape index (κ3) is 16.8. The molecule has 0 unspecified atom stereocenters. The zero-order chi connectivity index (χ0) is 59.3. The van der Waals surface area contributed by atoms with Crippen molar-refractivity contribution in [2.24, 2.45) is 23.7 Å². The highest BCUT2D eigenvalue weighted by atomic mass is 16.6. The number of rotatable bonds is 27. The molecule has 4 aromatic rings. The van der Waals surface area contributed by atoms with Gasteiger partial charge in [-0.05, 0) is 101 Å². The highest BCUT2D eigenvalue weighted by Crippen LogP contribution is 2.44. The second-order valence-electron chi connectivity index (χ2n) is 24.9. The third-order valence-electron chi connectivity index (χ3n) is 17.2. The van der Waals surface area contributed by atoms with Crippen LogP contribution in [0.25, 0.3) is 0 Å². The van der Waals surface area contributed by atoms with Gasteiger partial charge in [-0.15, -0.1) is 0 Å². The normalized spacial score (nSPS) is 24.2. The number of hydrogen-bond acceptors (Lipinski definition) is 10. The summed E-state index contributed by atoms with van der Waals surface area (Å²) in [5.41, 5.74) is 3.42. The molecule has 448 valence electrons. The van der Waals surface area contributed by atoms with Crippen LogP contribution in [0.2, 0.25) is 0 Å². The number of carbonyl (C=O) groups is 8. The van der Waals surface area contributed by atoms with Gasteiger partial charge in [0.25, 0.3) is 11.8 Å². The van der Waals surface area contributed by atoms with E-state index in [9.17, 15) is 38.4 Å². The van der Waals surface area contributed by atoms with Crippen LogP contribution in [0.5, 0.6) is 0 Å². The fraction of sp³-hybridized carbons (Fsp3) is 0.522. The second-order valence-corrected chi connectivity index (χ2v) is 24.9. The van der Waals surface area contributed by atoms with E-state index < -0.39 is 47.4 Å². The Morgan fingerprint density at radius 3 is 1.19 bits per heavy atom. The number of esters is 1. The van der Waals surface area contributed by atoms with Crippen LogP contribution in [0.4, 0.5) is 4.79 Å². The van der Waals surface area contributed by atoms with Crippen LogP contribution in [-0.2, 0) is 33.4 Å². The number of likely N-dealkylation sites (tertiary alicyclic amines) is 2. The molecule has 0 radical (unpaired) electrons. The van der Waals surface area contributed by atoms with Crippen LogP contribution in [0.3, 0.4) is 0 Å². The summed E-state index contributed by atoms with van der Waals surface area (Å²) >= 11 is 0. The molecule has 2 saturated heterocycles.